The van der Waals surface area contributed by atoms with Gasteiger partial charge in [0.05, 0.1) is 44.4 Å². The van der Waals surface area contributed by atoms with Crippen LogP contribution in [0.5, 0.6) is 0 Å². The Balaban J connectivity index is 1.36. The van der Waals surface area contributed by atoms with Crippen molar-refractivity contribution in [2.24, 2.45) is 0 Å². The van der Waals surface area contributed by atoms with Crippen LogP contribution < -0.4 is 10.6 Å². The molecule has 8 nitrogen and oxygen atoms in total. The van der Waals surface area contributed by atoms with Crippen LogP contribution in [-0.2, 0) is 20.8 Å². The van der Waals surface area contributed by atoms with Crippen molar-refractivity contribution in [1.29, 1.82) is 0 Å². The monoisotopic (exact) mass is 505 g/mol. The number of hydrogen-bond acceptors (Lipinski definition) is 5. The molecule has 2 aromatic carbocycles. The predicted octanol–water partition coefficient (Wildman–Crippen LogP) is 3.33. The van der Waals surface area contributed by atoms with E-state index in [0.29, 0.717) is 30.1 Å². The fraction of sp³-hybridized carbons (Fsp3) is 0.440. The minimum atomic E-state index is -0.859. The minimum Gasteiger partial charge on any atom is -0.389 e. The Kier molecular flexibility index (Phi) is 8.56. The first-order valence-corrected chi connectivity index (χ1v) is 12.0. The van der Waals surface area contributed by atoms with Gasteiger partial charge < -0.3 is 30.1 Å². The maximum absolute atomic E-state index is 13.5. The van der Waals surface area contributed by atoms with E-state index >= 15 is 0 Å². The quantitative estimate of drug-likeness (QED) is 0.579. The third-order valence-corrected chi connectivity index (χ3v) is 6.53. The molecule has 188 valence electrons. The third kappa shape index (κ3) is 6.91. The van der Waals surface area contributed by atoms with Crippen LogP contribution in [0, 0.1) is 5.82 Å². The van der Waals surface area contributed by atoms with Gasteiger partial charge in [0.25, 0.3) is 0 Å². The first-order valence-electron chi connectivity index (χ1n) is 11.6. The molecule has 2 saturated heterocycles. The maximum atomic E-state index is 13.5. The number of carbonyl (C=O) groups excluding carboxylic acids is 2. The number of fused-ring (bicyclic) bond motifs is 1. The van der Waals surface area contributed by atoms with Crippen molar-refractivity contribution in [3.8, 4) is 0 Å². The number of β-amino-alcohol motifs (C(OH)–C–C–N with tert-alkyl or cyclic N) is 1. The number of ether oxygens (including phenoxy) is 2. The molecule has 0 spiro atoms. The number of nitrogens with zero attached hydrogens (tertiary/aromatic N) is 1. The summed E-state index contributed by atoms with van der Waals surface area (Å²) in [6, 6.07) is 12.1. The van der Waals surface area contributed by atoms with Gasteiger partial charge in [-0.2, -0.15) is 0 Å². The smallest absolute Gasteiger partial charge is 0.322 e. The van der Waals surface area contributed by atoms with Crippen LogP contribution in [-0.4, -0.2) is 66.1 Å². The molecule has 2 heterocycles. The molecule has 2 aliphatic heterocycles. The molecule has 0 saturated carbocycles. The molecule has 2 fully saturated rings. The van der Waals surface area contributed by atoms with Gasteiger partial charge in [-0.05, 0) is 42.7 Å². The Morgan fingerprint density at radius 1 is 1.14 bits per heavy atom. The lowest BCUT2D eigenvalue weighted by Crippen LogP contribution is -2.58. The molecule has 4 rings (SSSR count). The lowest BCUT2D eigenvalue weighted by molar-refractivity contribution is -0.149. The maximum Gasteiger partial charge on any atom is 0.322 e. The number of anilines is 1. The molecule has 0 aromatic heterocycles. The van der Waals surface area contributed by atoms with E-state index in [2.05, 4.69) is 10.6 Å². The summed E-state index contributed by atoms with van der Waals surface area (Å²) in [7, 11) is 0. The van der Waals surface area contributed by atoms with E-state index in [4.69, 9.17) is 21.1 Å². The SMILES string of the molecule is O=C(C[C@H]1CC[C@@H]2[C@H](COC[C@@H](O)CN2C(=O)Nc2cccc(F)c2)O1)NCc1ccccc1Cl. The molecule has 3 N–H and O–H groups in total. The van der Waals surface area contributed by atoms with Crippen molar-refractivity contribution >= 4 is 29.2 Å². The first kappa shape index (κ1) is 25.4. The van der Waals surface area contributed by atoms with Crippen molar-refractivity contribution in [2.45, 2.75) is 50.2 Å². The second-order valence-electron chi connectivity index (χ2n) is 8.80. The summed E-state index contributed by atoms with van der Waals surface area (Å²) < 4.78 is 25.3. The van der Waals surface area contributed by atoms with Gasteiger partial charge in [0.15, 0.2) is 0 Å². The summed E-state index contributed by atoms with van der Waals surface area (Å²) in [6.07, 6.45) is -0.353. The Morgan fingerprint density at radius 2 is 1.97 bits per heavy atom. The van der Waals surface area contributed by atoms with Crippen LogP contribution in [0.3, 0.4) is 0 Å². The van der Waals surface area contributed by atoms with Gasteiger partial charge in [0, 0.05) is 17.3 Å². The van der Waals surface area contributed by atoms with Crippen molar-refractivity contribution < 1.29 is 28.6 Å². The van der Waals surface area contributed by atoms with Crippen LogP contribution in [0.2, 0.25) is 5.02 Å². The van der Waals surface area contributed by atoms with Crippen LogP contribution in [0.15, 0.2) is 48.5 Å². The molecule has 2 aromatic rings. The molecule has 0 aliphatic carbocycles. The van der Waals surface area contributed by atoms with E-state index in [1.165, 1.54) is 23.1 Å². The normalized spacial score (nSPS) is 24.6. The van der Waals surface area contributed by atoms with E-state index in [9.17, 15) is 19.1 Å². The zero-order valence-corrected chi connectivity index (χ0v) is 19.9. The van der Waals surface area contributed by atoms with Gasteiger partial charge in [0.1, 0.15) is 11.9 Å². The second-order valence-corrected chi connectivity index (χ2v) is 9.20. The van der Waals surface area contributed by atoms with Gasteiger partial charge in [-0.3, -0.25) is 4.79 Å². The first-order chi connectivity index (χ1) is 16.9. The Labute approximate surface area is 208 Å². The molecule has 0 radical (unpaired) electrons. The average Bonchev–Trinajstić information content (AvgIpc) is 2.81. The lowest BCUT2D eigenvalue weighted by Gasteiger charge is -2.44. The fourth-order valence-corrected chi connectivity index (χ4v) is 4.65. The zero-order chi connectivity index (χ0) is 24.8. The summed E-state index contributed by atoms with van der Waals surface area (Å²) >= 11 is 6.15. The molecular weight excluding hydrogens is 477 g/mol. The highest BCUT2D eigenvalue weighted by Crippen LogP contribution is 2.28. The summed E-state index contributed by atoms with van der Waals surface area (Å²) in [5, 5.41) is 16.4. The van der Waals surface area contributed by atoms with Gasteiger partial charge in [0.2, 0.25) is 5.91 Å². The van der Waals surface area contributed by atoms with E-state index in [-0.39, 0.29) is 44.2 Å². The summed E-state index contributed by atoms with van der Waals surface area (Å²) in [6.45, 7) is 0.615. The number of aliphatic hydroxyl groups is 1. The third-order valence-electron chi connectivity index (χ3n) is 6.16. The molecule has 4 atom stereocenters. The van der Waals surface area contributed by atoms with Gasteiger partial charge >= 0.3 is 6.03 Å². The minimum absolute atomic E-state index is 0.0503. The van der Waals surface area contributed by atoms with Crippen LogP contribution >= 0.6 is 11.6 Å². The molecule has 10 heteroatoms. The highest BCUT2D eigenvalue weighted by molar-refractivity contribution is 6.31. The summed E-state index contributed by atoms with van der Waals surface area (Å²) in [4.78, 5) is 27.1. The summed E-state index contributed by atoms with van der Waals surface area (Å²) in [5.41, 5.74) is 1.16. The van der Waals surface area contributed by atoms with Gasteiger partial charge in [-0.15, -0.1) is 0 Å². The van der Waals surface area contributed by atoms with Gasteiger partial charge in [-0.1, -0.05) is 35.9 Å². The van der Waals surface area contributed by atoms with Crippen molar-refractivity contribution in [3.05, 3.63) is 64.9 Å². The van der Waals surface area contributed by atoms with Crippen molar-refractivity contribution in [2.75, 3.05) is 25.1 Å². The topological polar surface area (TPSA) is 100 Å². The highest BCUT2D eigenvalue weighted by atomic mass is 35.5. The Bertz CT molecular complexity index is 1040. The number of carbonyl (C=O) groups is 2. The summed E-state index contributed by atoms with van der Waals surface area (Å²) in [5.74, 6) is -0.616. The number of halogens is 2. The molecule has 35 heavy (non-hydrogen) atoms. The molecule has 3 amide bonds. The van der Waals surface area contributed by atoms with Crippen LogP contribution in [0.1, 0.15) is 24.8 Å². The molecule has 0 bridgehead atoms. The number of rotatable bonds is 5. The lowest BCUT2D eigenvalue weighted by atomic mass is 9.95. The number of hydrogen-bond donors (Lipinski definition) is 3. The van der Waals surface area contributed by atoms with E-state index in [1.54, 1.807) is 12.1 Å². The van der Waals surface area contributed by atoms with E-state index < -0.39 is 24.1 Å². The highest BCUT2D eigenvalue weighted by Gasteiger charge is 2.40. The number of urea groups is 1. The Morgan fingerprint density at radius 3 is 2.77 bits per heavy atom. The molecule has 0 unspecified atom stereocenters. The second kappa shape index (κ2) is 11.8. The Hall–Kier alpha value is -2.72. The number of amides is 3. The van der Waals surface area contributed by atoms with E-state index in [1.807, 2.05) is 18.2 Å². The van der Waals surface area contributed by atoms with Crippen LogP contribution in [0.4, 0.5) is 14.9 Å². The number of nitrogens with one attached hydrogen (secondary N) is 2. The number of benzene rings is 2. The van der Waals surface area contributed by atoms with Crippen molar-refractivity contribution in [1.82, 2.24) is 10.2 Å². The number of aliphatic hydroxyl groups excluding tert-OH is 1. The standard InChI is InChI=1S/C25H29ClFN3O5/c26-21-7-2-1-4-16(21)12-28-24(32)11-20-8-9-22-23(35-20)15-34-14-19(31)13-30(22)25(33)29-18-6-3-5-17(27)10-18/h1-7,10,19-20,22-23,31H,8-9,11-15H2,(H,28,32)(H,29,33)/t19-,20+,22+,23-/m0/s1. The predicted molar refractivity (Wildman–Crippen MR) is 129 cm³/mol. The van der Waals surface area contributed by atoms with Crippen molar-refractivity contribution in [3.63, 3.8) is 0 Å². The van der Waals surface area contributed by atoms with Crippen LogP contribution in [0.25, 0.3) is 0 Å². The molecular formula is C25H29ClFN3O5. The fourth-order valence-electron chi connectivity index (χ4n) is 4.45. The molecule has 2 aliphatic rings. The van der Waals surface area contributed by atoms with E-state index in [0.717, 1.165) is 5.56 Å². The largest absolute Gasteiger partial charge is 0.389 e. The zero-order valence-electron chi connectivity index (χ0n) is 19.2. The van der Waals surface area contributed by atoms with Gasteiger partial charge in [-0.25, -0.2) is 9.18 Å². The average molecular weight is 506 g/mol.